The van der Waals surface area contributed by atoms with E-state index in [0.717, 1.165) is 12.8 Å². The lowest BCUT2D eigenvalue weighted by Gasteiger charge is -2.17. The Kier molecular flexibility index (Phi) is 6.08. The number of aromatic nitrogens is 1. The van der Waals surface area contributed by atoms with E-state index in [-0.39, 0.29) is 23.6 Å². The molecule has 3 unspecified atom stereocenters. The predicted octanol–water partition coefficient (Wildman–Crippen LogP) is 1.77. The molecule has 1 saturated carbocycles. The molecule has 0 aliphatic heterocycles. The molecule has 2 rings (SSSR count). The van der Waals surface area contributed by atoms with E-state index in [1.807, 2.05) is 6.92 Å². The Labute approximate surface area is 140 Å². The minimum atomic E-state index is -0.521. The van der Waals surface area contributed by atoms with Crippen LogP contribution in [0.25, 0.3) is 0 Å². The summed E-state index contributed by atoms with van der Waals surface area (Å²) in [7, 11) is 0. The van der Waals surface area contributed by atoms with Crippen molar-refractivity contribution in [2.75, 3.05) is 11.9 Å². The fraction of sp³-hybridized carbons (Fsp3) is 0.625. The molecule has 8 heteroatoms. The molecule has 0 saturated heterocycles. The van der Waals surface area contributed by atoms with E-state index in [9.17, 15) is 20.0 Å². The molecule has 24 heavy (non-hydrogen) atoms. The number of carbonyl (C=O) groups excluding carboxylic acids is 1. The third-order valence-corrected chi connectivity index (χ3v) is 4.34. The Hall–Kier alpha value is -2.22. The first-order chi connectivity index (χ1) is 11.4. The second-order valence-electron chi connectivity index (χ2n) is 6.29. The highest BCUT2D eigenvalue weighted by molar-refractivity contribution is 5.79. The zero-order chi connectivity index (χ0) is 17.7. The van der Waals surface area contributed by atoms with Gasteiger partial charge < -0.3 is 15.7 Å². The number of carbonyl (C=O) groups is 1. The quantitative estimate of drug-likeness (QED) is 0.516. The minimum Gasteiger partial charge on any atom is -0.392 e. The maximum absolute atomic E-state index is 12.0. The number of aryl methyl sites for hydroxylation is 1. The van der Waals surface area contributed by atoms with Gasteiger partial charge in [-0.15, -0.1) is 0 Å². The van der Waals surface area contributed by atoms with Crippen molar-refractivity contribution in [2.24, 2.45) is 5.92 Å². The maximum atomic E-state index is 12.0. The Balaban J connectivity index is 1.77. The number of aliphatic hydroxyl groups is 1. The summed E-state index contributed by atoms with van der Waals surface area (Å²) in [4.78, 5) is 26.5. The van der Waals surface area contributed by atoms with Crippen LogP contribution >= 0.6 is 0 Å². The average Bonchev–Trinajstić information content (AvgIpc) is 2.93. The molecule has 3 N–H and O–H groups in total. The van der Waals surface area contributed by atoms with Crippen LogP contribution in [0.5, 0.6) is 0 Å². The first-order valence-corrected chi connectivity index (χ1v) is 8.23. The lowest BCUT2D eigenvalue weighted by molar-refractivity contribution is -0.385. The number of amides is 1. The highest BCUT2D eigenvalue weighted by Gasteiger charge is 2.31. The van der Waals surface area contributed by atoms with Crippen LogP contribution in [0, 0.1) is 23.0 Å². The van der Waals surface area contributed by atoms with Gasteiger partial charge in [0, 0.05) is 18.7 Å². The van der Waals surface area contributed by atoms with Crippen molar-refractivity contribution in [1.29, 1.82) is 0 Å². The lowest BCUT2D eigenvalue weighted by Crippen LogP contribution is -2.36. The Morgan fingerprint density at radius 3 is 2.83 bits per heavy atom. The molecule has 1 aromatic heterocycles. The lowest BCUT2D eigenvalue weighted by atomic mass is 10.1. The van der Waals surface area contributed by atoms with Gasteiger partial charge in [-0.1, -0.05) is 0 Å². The fourth-order valence-electron chi connectivity index (χ4n) is 2.94. The van der Waals surface area contributed by atoms with Gasteiger partial charge in [-0.2, -0.15) is 0 Å². The van der Waals surface area contributed by atoms with Crippen LogP contribution in [-0.2, 0) is 4.79 Å². The number of anilines is 1. The predicted molar refractivity (Wildman–Crippen MR) is 89.7 cm³/mol. The summed E-state index contributed by atoms with van der Waals surface area (Å²) in [6.07, 6.45) is 2.50. The second kappa shape index (κ2) is 8.05. The fourth-order valence-corrected chi connectivity index (χ4v) is 2.94. The summed E-state index contributed by atoms with van der Waals surface area (Å²) in [5.41, 5.74) is 0.358. The van der Waals surface area contributed by atoms with Crippen LogP contribution in [0.3, 0.4) is 0 Å². The normalized spacial score (nSPS) is 21.3. The number of pyridine rings is 1. The van der Waals surface area contributed by atoms with Gasteiger partial charge >= 0.3 is 0 Å². The number of nitrogens with one attached hydrogen (secondary N) is 2. The SMILES string of the molecule is Cc1nc(NC(C)CCNC(=O)C2CCCC2O)ccc1[N+](=O)[O-]. The van der Waals surface area contributed by atoms with Gasteiger partial charge in [0.05, 0.1) is 16.9 Å². The van der Waals surface area contributed by atoms with Gasteiger partial charge in [-0.3, -0.25) is 14.9 Å². The van der Waals surface area contributed by atoms with Crippen LogP contribution in [0.4, 0.5) is 11.5 Å². The topological polar surface area (TPSA) is 117 Å². The van der Waals surface area contributed by atoms with Gasteiger partial charge in [0.1, 0.15) is 11.5 Å². The molecule has 1 heterocycles. The summed E-state index contributed by atoms with van der Waals surface area (Å²) >= 11 is 0. The molecule has 132 valence electrons. The molecule has 1 fully saturated rings. The van der Waals surface area contributed by atoms with Crippen LogP contribution in [-0.4, -0.2) is 39.6 Å². The Morgan fingerprint density at radius 2 is 2.25 bits per heavy atom. The van der Waals surface area contributed by atoms with E-state index < -0.39 is 11.0 Å². The van der Waals surface area contributed by atoms with Crippen molar-refractivity contribution in [3.8, 4) is 0 Å². The molecule has 0 spiro atoms. The van der Waals surface area contributed by atoms with Crippen molar-refractivity contribution in [1.82, 2.24) is 10.3 Å². The van der Waals surface area contributed by atoms with Crippen molar-refractivity contribution >= 4 is 17.4 Å². The zero-order valence-electron chi connectivity index (χ0n) is 14.0. The van der Waals surface area contributed by atoms with Gasteiger partial charge in [0.15, 0.2) is 0 Å². The third-order valence-electron chi connectivity index (χ3n) is 4.34. The van der Waals surface area contributed by atoms with Gasteiger partial charge in [0.25, 0.3) is 5.69 Å². The van der Waals surface area contributed by atoms with E-state index >= 15 is 0 Å². The number of nitro groups is 1. The monoisotopic (exact) mass is 336 g/mol. The van der Waals surface area contributed by atoms with Crippen LogP contribution in [0.15, 0.2) is 12.1 Å². The van der Waals surface area contributed by atoms with E-state index in [1.54, 1.807) is 13.0 Å². The summed E-state index contributed by atoms with van der Waals surface area (Å²) in [5, 5.41) is 26.5. The summed E-state index contributed by atoms with van der Waals surface area (Å²) in [6, 6.07) is 3.06. The van der Waals surface area contributed by atoms with E-state index in [1.165, 1.54) is 6.07 Å². The van der Waals surface area contributed by atoms with Crippen molar-refractivity contribution in [2.45, 2.75) is 51.7 Å². The van der Waals surface area contributed by atoms with Crippen molar-refractivity contribution in [3.63, 3.8) is 0 Å². The molecule has 0 radical (unpaired) electrons. The maximum Gasteiger partial charge on any atom is 0.290 e. The first kappa shape index (κ1) is 18.1. The van der Waals surface area contributed by atoms with Crippen LogP contribution in [0.1, 0.15) is 38.3 Å². The number of aliphatic hydroxyl groups excluding tert-OH is 1. The van der Waals surface area contributed by atoms with Crippen molar-refractivity contribution in [3.05, 3.63) is 27.9 Å². The zero-order valence-corrected chi connectivity index (χ0v) is 14.0. The minimum absolute atomic E-state index is 0.00409. The number of hydrogen-bond acceptors (Lipinski definition) is 6. The standard InChI is InChI=1S/C16H24N4O4/c1-10(8-9-17-16(22)12-4-3-5-14(12)21)18-15-7-6-13(20(23)24)11(2)19-15/h6-7,10,12,14,21H,3-5,8-9H2,1-2H3,(H,17,22)(H,18,19). The Morgan fingerprint density at radius 1 is 1.50 bits per heavy atom. The molecule has 1 aliphatic rings. The largest absolute Gasteiger partial charge is 0.392 e. The van der Waals surface area contributed by atoms with E-state index in [2.05, 4.69) is 15.6 Å². The molecular formula is C16H24N4O4. The van der Waals surface area contributed by atoms with Crippen LogP contribution in [0.2, 0.25) is 0 Å². The average molecular weight is 336 g/mol. The van der Waals surface area contributed by atoms with Gasteiger partial charge in [0.2, 0.25) is 5.91 Å². The molecule has 1 aromatic rings. The highest BCUT2D eigenvalue weighted by Crippen LogP contribution is 2.25. The molecule has 1 aliphatic carbocycles. The smallest absolute Gasteiger partial charge is 0.290 e. The number of hydrogen-bond donors (Lipinski definition) is 3. The van der Waals surface area contributed by atoms with Gasteiger partial charge in [-0.25, -0.2) is 4.98 Å². The summed E-state index contributed by atoms with van der Waals surface area (Å²) in [6.45, 7) is 4.05. The molecule has 1 amide bonds. The second-order valence-corrected chi connectivity index (χ2v) is 6.29. The molecule has 0 aromatic carbocycles. The van der Waals surface area contributed by atoms with Crippen LogP contribution < -0.4 is 10.6 Å². The third kappa shape index (κ3) is 4.64. The summed E-state index contributed by atoms with van der Waals surface area (Å²) < 4.78 is 0. The number of nitrogens with zero attached hydrogens (tertiary/aromatic N) is 2. The molecule has 8 nitrogen and oxygen atoms in total. The summed E-state index contributed by atoms with van der Waals surface area (Å²) in [5.74, 6) is 0.201. The number of rotatable bonds is 7. The van der Waals surface area contributed by atoms with Crippen molar-refractivity contribution < 1.29 is 14.8 Å². The molecule has 0 bridgehead atoms. The van der Waals surface area contributed by atoms with E-state index in [4.69, 9.17) is 0 Å². The highest BCUT2D eigenvalue weighted by atomic mass is 16.6. The van der Waals surface area contributed by atoms with E-state index in [0.29, 0.717) is 30.9 Å². The molecule has 3 atom stereocenters. The molecular weight excluding hydrogens is 312 g/mol. The first-order valence-electron chi connectivity index (χ1n) is 8.23. The Bertz CT molecular complexity index is 608. The van der Waals surface area contributed by atoms with Gasteiger partial charge in [-0.05, 0) is 45.6 Å².